The maximum absolute atomic E-state index is 13.3. The Labute approximate surface area is 242 Å². The summed E-state index contributed by atoms with van der Waals surface area (Å²) in [5, 5.41) is 16.2. The van der Waals surface area contributed by atoms with Gasteiger partial charge in [0.25, 0.3) is 0 Å². The Morgan fingerprint density at radius 2 is 1.64 bits per heavy atom. The smallest absolute Gasteiger partial charge is 0.319 e. The molecule has 2 N–H and O–H groups in total. The second-order valence-electron chi connectivity index (χ2n) is 9.67. The van der Waals surface area contributed by atoms with E-state index in [1.165, 1.54) is 23.9 Å². The zero-order chi connectivity index (χ0) is 28.1. The quantitative estimate of drug-likeness (QED) is 0.193. The second-order valence-corrected chi connectivity index (χ2v) is 11.5. The SMILES string of the molecule is CC(C)c1cccc(C(C)C)c1NC(=O)NCc1nnc(SCc2ccc(F)cc2)n1-c1cc(Cl)ccc1Cl. The van der Waals surface area contributed by atoms with Crippen molar-refractivity contribution in [3.63, 3.8) is 0 Å². The number of urea groups is 1. The molecule has 0 atom stereocenters. The normalized spacial score (nSPS) is 11.3. The van der Waals surface area contributed by atoms with Crippen molar-refractivity contribution in [1.29, 1.82) is 0 Å². The van der Waals surface area contributed by atoms with Crippen molar-refractivity contribution in [1.82, 2.24) is 20.1 Å². The van der Waals surface area contributed by atoms with E-state index in [9.17, 15) is 9.18 Å². The molecule has 0 bridgehead atoms. The van der Waals surface area contributed by atoms with Crippen molar-refractivity contribution in [3.8, 4) is 5.69 Å². The number of carbonyl (C=O) groups is 1. The fourth-order valence-corrected chi connectivity index (χ4v) is 5.44. The Bertz CT molecular complexity index is 1430. The average Bonchev–Trinajstić information content (AvgIpc) is 3.30. The first-order valence-electron chi connectivity index (χ1n) is 12.6. The molecule has 10 heteroatoms. The molecule has 4 aromatic rings. The van der Waals surface area contributed by atoms with Crippen LogP contribution in [0.1, 0.15) is 62.0 Å². The number of hydrogen-bond donors (Lipinski definition) is 2. The number of para-hydroxylation sites is 1. The number of thioether (sulfide) groups is 1. The van der Waals surface area contributed by atoms with E-state index in [1.54, 1.807) is 34.9 Å². The minimum Gasteiger partial charge on any atom is -0.331 e. The number of anilines is 1. The lowest BCUT2D eigenvalue weighted by molar-refractivity contribution is 0.251. The number of aromatic nitrogens is 3. The van der Waals surface area contributed by atoms with E-state index in [4.69, 9.17) is 23.2 Å². The van der Waals surface area contributed by atoms with E-state index in [-0.39, 0.29) is 30.2 Å². The molecule has 0 saturated heterocycles. The molecule has 0 aliphatic heterocycles. The molecule has 1 aromatic heterocycles. The number of hydrogen-bond acceptors (Lipinski definition) is 4. The lowest BCUT2D eigenvalue weighted by Crippen LogP contribution is -2.30. The van der Waals surface area contributed by atoms with Crippen LogP contribution in [-0.4, -0.2) is 20.8 Å². The van der Waals surface area contributed by atoms with Gasteiger partial charge in [-0.2, -0.15) is 0 Å². The summed E-state index contributed by atoms with van der Waals surface area (Å²) >= 11 is 14.3. The topological polar surface area (TPSA) is 71.8 Å². The van der Waals surface area contributed by atoms with E-state index in [2.05, 4.69) is 48.5 Å². The van der Waals surface area contributed by atoms with Gasteiger partial charge in [0.2, 0.25) is 0 Å². The Morgan fingerprint density at radius 3 is 2.28 bits per heavy atom. The highest BCUT2D eigenvalue weighted by Crippen LogP contribution is 2.33. The van der Waals surface area contributed by atoms with Gasteiger partial charge in [0, 0.05) is 16.5 Å². The highest BCUT2D eigenvalue weighted by atomic mass is 35.5. The van der Waals surface area contributed by atoms with E-state index in [0.29, 0.717) is 32.5 Å². The molecule has 1 heterocycles. The lowest BCUT2D eigenvalue weighted by Gasteiger charge is -2.20. The lowest BCUT2D eigenvalue weighted by atomic mass is 9.93. The van der Waals surface area contributed by atoms with E-state index in [1.807, 2.05) is 18.2 Å². The van der Waals surface area contributed by atoms with Crippen molar-refractivity contribution < 1.29 is 9.18 Å². The van der Waals surface area contributed by atoms with E-state index in [0.717, 1.165) is 22.4 Å². The number of nitrogens with one attached hydrogen (secondary N) is 2. The van der Waals surface area contributed by atoms with Gasteiger partial charge in [-0.3, -0.25) is 4.57 Å². The van der Waals surface area contributed by atoms with Crippen molar-refractivity contribution >= 4 is 46.7 Å². The fourth-order valence-electron chi connectivity index (χ4n) is 4.15. The molecule has 6 nitrogen and oxygen atoms in total. The second kappa shape index (κ2) is 12.9. The Kier molecular flexibility index (Phi) is 9.53. The Hall–Kier alpha value is -3.07. The number of rotatable bonds is 9. The minimum atomic E-state index is -0.350. The van der Waals surface area contributed by atoms with Crippen molar-refractivity contribution in [2.75, 3.05) is 5.32 Å². The zero-order valence-electron chi connectivity index (χ0n) is 22.1. The summed E-state index contributed by atoms with van der Waals surface area (Å²) in [6.45, 7) is 8.51. The number of amides is 2. The third kappa shape index (κ3) is 7.12. The van der Waals surface area contributed by atoms with Gasteiger partial charge in [-0.1, -0.05) is 93.0 Å². The summed E-state index contributed by atoms with van der Waals surface area (Å²) in [5.74, 6) is 1.22. The number of benzene rings is 3. The summed E-state index contributed by atoms with van der Waals surface area (Å²) in [6, 6.07) is 17.2. The van der Waals surface area contributed by atoms with Crippen molar-refractivity contribution in [2.24, 2.45) is 0 Å². The Balaban J connectivity index is 1.58. The molecule has 0 aliphatic rings. The van der Waals surface area contributed by atoms with Crippen LogP contribution in [0, 0.1) is 5.82 Å². The van der Waals surface area contributed by atoms with Crippen molar-refractivity contribution in [2.45, 2.75) is 57.0 Å². The predicted molar refractivity (Wildman–Crippen MR) is 158 cm³/mol. The fraction of sp³-hybridized carbons (Fsp3) is 0.276. The third-order valence-electron chi connectivity index (χ3n) is 6.15. The molecule has 4 rings (SSSR count). The highest BCUT2D eigenvalue weighted by Gasteiger charge is 2.20. The molecular weight excluding hydrogens is 556 g/mol. The van der Waals surface area contributed by atoms with Gasteiger partial charge in [0.15, 0.2) is 11.0 Å². The zero-order valence-corrected chi connectivity index (χ0v) is 24.5. The molecule has 0 aliphatic carbocycles. The van der Waals surface area contributed by atoms with Crippen LogP contribution in [0.25, 0.3) is 5.69 Å². The first kappa shape index (κ1) is 28.9. The standard InChI is InChI=1S/C29H30Cl2FN5OS/c1-17(2)22-6-5-7-23(18(3)4)27(22)34-28(38)33-15-26-35-36-29(39-16-19-8-11-21(32)12-9-19)37(26)25-14-20(30)10-13-24(25)31/h5-14,17-18H,15-16H2,1-4H3,(H2,33,34,38). The summed E-state index contributed by atoms with van der Waals surface area (Å²) < 4.78 is 15.1. The molecule has 0 spiro atoms. The van der Waals surface area contributed by atoms with Crippen LogP contribution < -0.4 is 10.6 Å². The first-order valence-corrected chi connectivity index (χ1v) is 14.3. The monoisotopic (exact) mass is 585 g/mol. The molecular formula is C29H30Cl2FN5OS. The van der Waals surface area contributed by atoms with E-state index >= 15 is 0 Å². The van der Waals surface area contributed by atoms with E-state index < -0.39 is 0 Å². The number of halogens is 3. The minimum absolute atomic E-state index is 0.0969. The van der Waals surface area contributed by atoms with Crippen LogP contribution in [0.15, 0.2) is 65.8 Å². The number of carbonyl (C=O) groups excluding carboxylic acids is 1. The molecule has 39 heavy (non-hydrogen) atoms. The molecule has 2 amide bonds. The van der Waals surface area contributed by atoms with Gasteiger partial charge in [0.1, 0.15) is 5.82 Å². The van der Waals surface area contributed by atoms with Crippen LogP contribution in [0.2, 0.25) is 10.0 Å². The molecule has 0 fully saturated rings. The molecule has 0 unspecified atom stereocenters. The van der Waals surface area contributed by atoms with Gasteiger partial charge in [0.05, 0.1) is 17.3 Å². The van der Waals surface area contributed by atoms with Gasteiger partial charge in [-0.15, -0.1) is 10.2 Å². The van der Waals surface area contributed by atoms with Crippen LogP contribution in [0.3, 0.4) is 0 Å². The van der Waals surface area contributed by atoms with Crippen LogP contribution >= 0.6 is 35.0 Å². The maximum Gasteiger partial charge on any atom is 0.319 e. The van der Waals surface area contributed by atoms with Gasteiger partial charge >= 0.3 is 6.03 Å². The van der Waals surface area contributed by atoms with Crippen molar-refractivity contribution in [3.05, 3.63) is 99.0 Å². The molecule has 0 radical (unpaired) electrons. The van der Waals surface area contributed by atoms with Crippen LogP contribution in [0.4, 0.5) is 14.9 Å². The maximum atomic E-state index is 13.3. The van der Waals surface area contributed by atoms with Gasteiger partial charge < -0.3 is 10.6 Å². The predicted octanol–water partition coefficient (Wildman–Crippen LogP) is 8.57. The first-order chi connectivity index (χ1) is 18.6. The largest absolute Gasteiger partial charge is 0.331 e. The number of nitrogens with zero attached hydrogens (tertiary/aromatic N) is 3. The summed E-state index contributed by atoms with van der Waals surface area (Å²) in [6.07, 6.45) is 0. The molecule has 0 saturated carbocycles. The van der Waals surface area contributed by atoms with Gasteiger partial charge in [-0.25, -0.2) is 9.18 Å². The third-order valence-corrected chi connectivity index (χ3v) is 7.70. The average molecular weight is 587 g/mol. The molecule has 3 aromatic carbocycles. The van der Waals surface area contributed by atoms with Crippen LogP contribution in [-0.2, 0) is 12.3 Å². The Morgan fingerprint density at radius 1 is 0.974 bits per heavy atom. The highest BCUT2D eigenvalue weighted by molar-refractivity contribution is 7.98. The molecule has 204 valence electrons. The summed E-state index contributed by atoms with van der Waals surface area (Å²) in [5.41, 5.74) is 4.50. The van der Waals surface area contributed by atoms with Gasteiger partial charge in [-0.05, 0) is 58.9 Å². The summed E-state index contributed by atoms with van der Waals surface area (Å²) in [7, 11) is 0. The summed E-state index contributed by atoms with van der Waals surface area (Å²) in [4.78, 5) is 13.1. The van der Waals surface area contributed by atoms with Crippen LogP contribution in [0.5, 0.6) is 0 Å².